The molecule has 1 aliphatic carbocycles. The van der Waals surface area contributed by atoms with Crippen molar-refractivity contribution >= 4 is 6.09 Å². The highest BCUT2D eigenvalue weighted by molar-refractivity contribution is 5.68. The van der Waals surface area contributed by atoms with Gasteiger partial charge in [0.15, 0.2) is 0 Å². The van der Waals surface area contributed by atoms with Gasteiger partial charge in [-0.05, 0) is 51.5 Å². The molecule has 1 aromatic carbocycles. The number of rotatable bonds is 6. The third-order valence-electron chi connectivity index (χ3n) is 7.08. The van der Waals surface area contributed by atoms with Crippen LogP contribution in [0.4, 0.5) is 18.0 Å². The molecule has 10 heteroatoms. The summed E-state index contributed by atoms with van der Waals surface area (Å²) in [5.41, 5.74) is 1.89. The van der Waals surface area contributed by atoms with Crippen molar-refractivity contribution in [1.82, 2.24) is 14.5 Å². The first-order valence-corrected chi connectivity index (χ1v) is 12.4. The highest BCUT2D eigenvalue weighted by atomic mass is 19.4. The molecular weight excluding hydrogens is 475 g/mol. The van der Waals surface area contributed by atoms with Crippen LogP contribution in [0, 0.1) is 12.8 Å². The Morgan fingerprint density at radius 1 is 1.17 bits per heavy atom. The monoisotopic (exact) mass is 507 g/mol. The first kappa shape index (κ1) is 26.2. The summed E-state index contributed by atoms with van der Waals surface area (Å²) in [4.78, 5) is 32.5. The Bertz CT molecular complexity index is 1110. The molecular formula is C26H32F3N3O4. The van der Waals surface area contributed by atoms with Gasteiger partial charge in [-0.25, -0.2) is 9.78 Å². The van der Waals surface area contributed by atoms with Gasteiger partial charge in [0.1, 0.15) is 11.9 Å². The quantitative estimate of drug-likeness (QED) is 0.562. The lowest BCUT2D eigenvalue weighted by Gasteiger charge is -2.33. The van der Waals surface area contributed by atoms with E-state index in [1.165, 1.54) is 4.90 Å². The Kier molecular flexibility index (Phi) is 8.02. The zero-order valence-corrected chi connectivity index (χ0v) is 20.6. The topological polar surface area (TPSA) is 73.7 Å². The fraction of sp³-hybridized carbons (Fsp3) is 0.577. The van der Waals surface area contributed by atoms with Gasteiger partial charge >= 0.3 is 12.3 Å². The number of carbonyl (C=O) groups excluding carboxylic acids is 1. The number of nitrogens with zero attached hydrogens (tertiary/aromatic N) is 3. The van der Waals surface area contributed by atoms with Crippen LogP contribution in [0.25, 0.3) is 0 Å². The molecule has 0 N–H and O–H groups in total. The third kappa shape index (κ3) is 5.74. The van der Waals surface area contributed by atoms with Gasteiger partial charge < -0.3 is 14.4 Å². The van der Waals surface area contributed by atoms with Crippen LogP contribution in [0.1, 0.15) is 61.3 Å². The molecule has 1 aliphatic heterocycles. The molecule has 0 saturated heterocycles. The number of aromatic nitrogens is 2. The Labute approximate surface area is 208 Å². The molecule has 2 aliphatic rings. The lowest BCUT2D eigenvalue weighted by Crippen LogP contribution is -2.43. The number of hydrogen-bond acceptors (Lipinski definition) is 5. The molecule has 1 unspecified atom stereocenters. The number of carbonyl (C=O) groups is 1. The minimum Gasteiger partial charge on any atom is -0.446 e. The standard InChI is InChI=1S/C26H32F3N3O4/c1-3-35-16-23(18-7-5-4-6-8-18)32-17(2)30-22-15-31(14-13-21(22)24(32)33)25(34)36-20-11-9-19(10-12-20)26(27,28)29/h4-8,19-20,23H,3,9-16H2,1-2H3/t19-,20+,23?. The van der Waals surface area contributed by atoms with E-state index < -0.39 is 24.3 Å². The van der Waals surface area contributed by atoms with Crippen molar-refractivity contribution in [3.05, 3.63) is 63.3 Å². The van der Waals surface area contributed by atoms with Crippen LogP contribution in [-0.4, -0.2) is 52.6 Å². The van der Waals surface area contributed by atoms with Gasteiger partial charge in [0.25, 0.3) is 5.56 Å². The molecule has 1 atom stereocenters. The largest absolute Gasteiger partial charge is 0.446 e. The molecule has 0 bridgehead atoms. The fourth-order valence-corrected chi connectivity index (χ4v) is 5.09. The molecule has 196 valence electrons. The van der Waals surface area contributed by atoms with Crippen molar-refractivity contribution in [1.29, 1.82) is 0 Å². The molecule has 2 heterocycles. The van der Waals surface area contributed by atoms with Gasteiger partial charge in [0.2, 0.25) is 0 Å². The molecule has 2 aromatic rings. The molecule has 1 aromatic heterocycles. The summed E-state index contributed by atoms with van der Waals surface area (Å²) in [6.45, 7) is 4.93. The average Bonchev–Trinajstić information content (AvgIpc) is 2.86. The minimum atomic E-state index is -4.20. The molecule has 7 nitrogen and oxygen atoms in total. The second-order valence-corrected chi connectivity index (χ2v) is 9.42. The van der Waals surface area contributed by atoms with E-state index in [0.29, 0.717) is 36.7 Å². The smallest absolute Gasteiger partial charge is 0.410 e. The number of hydrogen-bond donors (Lipinski definition) is 0. The number of halogens is 3. The third-order valence-corrected chi connectivity index (χ3v) is 7.08. The Morgan fingerprint density at radius 2 is 1.86 bits per heavy atom. The Balaban J connectivity index is 1.48. The van der Waals surface area contributed by atoms with E-state index >= 15 is 0 Å². The molecule has 4 rings (SSSR count). The van der Waals surface area contributed by atoms with Crippen molar-refractivity contribution in [3.63, 3.8) is 0 Å². The Hall–Kier alpha value is -2.88. The summed E-state index contributed by atoms with van der Waals surface area (Å²) >= 11 is 0. The highest BCUT2D eigenvalue weighted by Gasteiger charge is 2.42. The van der Waals surface area contributed by atoms with Crippen LogP contribution in [0.15, 0.2) is 35.1 Å². The summed E-state index contributed by atoms with van der Waals surface area (Å²) in [5.74, 6) is -0.806. The lowest BCUT2D eigenvalue weighted by atomic mass is 9.87. The van der Waals surface area contributed by atoms with Crippen LogP contribution < -0.4 is 5.56 Å². The van der Waals surface area contributed by atoms with E-state index in [1.807, 2.05) is 37.3 Å². The van der Waals surface area contributed by atoms with Gasteiger partial charge in [-0.1, -0.05) is 30.3 Å². The number of aryl methyl sites for hydroxylation is 1. The summed E-state index contributed by atoms with van der Waals surface area (Å²) < 4.78 is 51.6. The number of fused-ring (bicyclic) bond motifs is 1. The predicted octanol–water partition coefficient (Wildman–Crippen LogP) is 4.79. The normalized spacial score (nSPS) is 21.1. The highest BCUT2D eigenvalue weighted by Crippen LogP contribution is 2.38. The van der Waals surface area contributed by atoms with Gasteiger partial charge in [-0.3, -0.25) is 9.36 Å². The van der Waals surface area contributed by atoms with Gasteiger partial charge in [0, 0.05) is 18.7 Å². The number of amides is 1. The predicted molar refractivity (Wildman–Crippen MR) is 127 cm³/mol. The molecule has 1 amide bonds. The first-order chi connectivity index (χ1) is 17.2. The van der Waals surface area contributed by atoms with Gasteiger partial charge in [-0.15, -0.1) is 0 Å². The van der Waals surface area contributed by atoms with Crippen molar-refractivity contribution in [2.75, 3.05) is 19.8 Å². The van der Waals surface area contributed by atoms with Crippen molar-refractivity contribution in [2.24, 2.45) is 5.92 Å². The SMILES string of the molecule is CCOCC(c1ccccc1)n1c(C)nc2c(c1=O)CCN(C(=O)O[C@H]1CC[C@@H](C(F)(F)F)CC1)C2. The molecule has 36 heavy (non-hydrogen) atoms. The second-order valence-electron chi connectivity index (χ2n) is 9.42. The molecule has 0 spiro atoms. The summed E-state index contributed by atoms with van der Waals surface area (Å²) in [6, 6.07) is 9.33. The van der Waals surface area contributed by atoms with Crippen LogP contribution in [0.5, 0.6) is 0 Å². The molecule has 0 radical (unpaired) electrons. The van der Waals surface area contributed by atoms with E-state index in [9.17, 15) is 22.8 Å². The second kappa shape index (κ2) is 11.0. The van der Waals surface area contributed by atoms with E-state index in [0.717, 1.165) is 5.56 Å². The van der Waals surface area contributed by atoms with Gasteiger partial charge in [-0.2, -0.15) is 13.2 Å². The minimum absolute atomic E-state index is 0.0328. The maximum atomic E-state index is 13.6. The van der Waals surface area contributed by atoms with E-state index in [1.54, 1.807) is 11.5 Å². The van der Waals surface area contributed by atoms with E-state index in [-0.39, 0.29) is 50.4 Å². The number of ether oxygens (including phenoxy) is 2. The van der Waals surface area contributed by atoms with Crippen molar-refractivity contribution in [3.8, 4) is 0 Å². The molecule has 1 saturated carbocycles. The lowest BCUT2D eigenvalue weighted by molar-refractivity contribution is -0.186. The summed E-state index contributed by atoms with van der Waals surface area (Å²) in [7, 11) is 0. The van der Waals surface area contributed by atoms with Crippen LogP contribution in [-0.2, 0) is 22.4 Å². The van der Waals surface area contributed by atoms with Crippen molar-refractivity contribution < 1.29 is 27.4 Å². The summed E-state index contributed by atoms with van der Waals surface area (Å²) in [5, 5.41) is 0. The average molecular weight is 508 g/mol. The Morgan fingerprint density at radius 3 is 2.50 bits per heavy atom. The number of benzene rings is 1. The molecule has 1 fully saturated rings. The summed E-state index contributed by atoms with van der Waals surface area (Å²) in [6.07, 6.45) is -4.64. The van der Waals surface area contributed by atoms with Crippen LogP contribution in [0.2, 0.25) is 0 Å². The zero-order chi connectivity index (χ0) is 25.9. The first-order valence-electron chi connectivity index (χ1n) is 12.4. The maximum absolute atomic E-state index is 13.6. The van der Waals surface area contributed by atoms with E-state index in [2.05, 4.69) is 4.98 Å². The van der Waals surface area contributed by atoms with E-state index in [4.69, 9.17) is 9.47 Å². The fourth-order valence-electron chi connectivity index (χ4n) is 5.09. The number of alkyl halides is 3. The van der Waals surface area contributed by atoms with Gasteiger partial charge in [0.05, 0.1) is 30.8 Å². The van der Waals surface area contributed by atoms with Crippen LogP contribution >= 0.6 is 0 Å². The van der Waals surface area contributed by atoms with Crippen LogP contribution in [0.3, 0.4) is 0 Å². The zero-order valence-electron chi connectivity index (χ0n) is 20.6. The maximum Gasteiger partial charge on any atom is 0.410 e. The van der Waals surface area contributed by atoms with Crippen molar-refractivity contribution in [2.45, 2.75) is 70.8 Å².